The fraction of sp³-hybridized carbons (Fsp3) is 0.294. The molecule has 7 heteroatoms. The van der Waals surface area contributed by atoms with E-state index in [0.717, 1.165) is 17.3 Å². The summed E-state index contributed by atoms with van der Waals surface area (Å²) in [6.07, 6.45) is -4.20. The van der Waals surface area contributed by atoms with Crippen molar-refractivity contribution in [3.05, 3.63) is 48.0 Å². The van der Waals surface area contributed by atoms with E-state index in [1.54, 1.807) is 44.6 Å². The molecule has 0 aromatic heterocycles. The van der Waals surface area contributed by atoms with Crippen LogP contribution in [0.2, 0.25) is 0 Å². The molecule has 0 saturated heterocycles. The molecule has 24 heavy (non-hydrogen) atoms. The molecule has 0 amide bonds. The molecule has 2 aromatic rings. The van der Waals surface area contributed by atoms with E-state index in [4.69, 9.17) is 9.47 Å². The summed E-state index contributed by atoms with van der Waals surface area (Å²) < 4.78 is 47.7. The van der Waals surface area contributed by atoms with Crippen LogP contribution in [0, 0.1) is 0 Å². The number of anilines is 1. The molecule has 0 heterocycles. The highest BCUT2D eigenvalue weighted by Gasteiger charge is 2.27. The van der Waals surface area contributed by atoms with E-state index >= 15 is 0 Å². The van der Waals surface area contributed by atoms with E-state index in [1.165, 1.54) is 0 Å². The number of alkyl halides is 3. The fourth-order valence-corrected chi connectivity index (χ4v) is 2.88. The van der Waals surface area contributed by atoms with Crippen molar-refractivity contribution in [1.29, 1.82) is 0 Å². The molecule has 130 valence electrons. The van der Waals surface area contributed by atoms with Crippen molar-refractivity contribution in [3.63, 3.8) is 0 Å². The van der Waals surface area contributed by atoms with Gasteiger partial charge in [0.05, 0.1) is 20.0 Å². The van der Waals surface area contributed by atoms with E-state index in [1.807, 2.05) is 12.1 Å². The van der Waals surface area contributed by atoms with Crippen molar-refractivity contribution in [2.45, 2.75) is 17.6 Å². The van der Waals surface area contributed by atoms with Gasteiger partial charge >= 0.3 is 6.18 Å². The number of halogens is 3. The quantitative estimate of drug-likeness (QED) is 0.709. The number of thioether (sulfide) groups is 1. The van der Waals surface area contributed by atoms with E-state index in [9.17, 15) is 13.2 Å². The second-order valence-electron chi connectivity index (χ2n) is 4.93. The molecule has 0 bridgehead atoms. The van der Waals surface area contributed by atoms with Crippen LogP contribution in [0.1, 0.15) is 5.56 Å². The molecule has 0 fully saturated rings. The van der Waals surface area contributed by atoms with Crippen LogP contribution in [0.4, 0.5) is 18.9 Å². The van der Waals surface area contributed by atoms with Crippen molar-refractivity contribution < 1.29 is 22.6 Å². The summed E-state index contributed by atoms with van der Waals surface area (Å²) in [6.45, 7) is 0.427. The predicted molar refractivity (Wildman–Crippen MR) is 90.1 cm³/mol. The topological polar surface area (TPSA) is 30.5 Å². The number of hydrogen-bond acceptors (Lipinski definition) is 4. The standard InChI is InChI=1S/C17H18F3NO2S/c1-22-13-8-7-12(15(9-13)23-2)10-21-14-5-3-4-6-16(14)24-11-17(18,19)20/h3-9,21H,10-11H2,1-2H3. The zero-order valence-electron chi connectivity index (χ0n) is 13.3. The largest absolute Gasteiger partial charge is 0.497 e. The minimum Gasteiger partial charge on any atom is -0.497 e. The zero-order chi connectivity index (χ0) is 17.6. The third kappa shape index (κ3) is 5.26. The lowest BCUT2D eigenvalue weighted by atomic mass is 10.2. The maximum atomic E-state index is 12.4. The second kappa shape index (κ2) is 8.19. The Morgan fingerprint density at radius 3 is 2.46 bits per heavy atom. The minimum atomic E-state index is -4.20. The lowest BCUT2D eigenvalue weighted by Crippen LogP contribution is -2.11. The van der Waals surface area contributed by atoms with Crippen molar-refractivity contribution in [1.82, 2.24) is 0 Å². The van der Waals surface area contributed by atoms with E-state index in [2.05, 4.69) is 5.32 Å². The van der Waals surface area contributed by atoms with Gasteiger partial charge in [-0.05, 0) is 24.3 Å². The Morgan fingerprint density at radius 1 is 1.04 bits per heavy atom. The van der Waals surface area contributed by atoms with Crippen LogP contribution in [0.3, 0.4) is 0 Å². The van der Waals surface area contributed by atoms with E-state index < -0.39 is 11.9 Å². The summed E-state index contributed by atoms with van der Waals surface area (Å²) >= 11 is 0.766. The first-order chi connectivity index (χ1) is 11.4. The molecular weight excluding hydrogens is 339 g/mol. The number of ether oxygens (including phenoxy) is 2. The number of benzene rings is 2. The van der Waals surface area contributed by atoms with E-state index in [0.29, 0.717) is 28.6 Å². The van der Waals surface area contributed by atoms with Crippen LogP contribution in [-0.2, 0) is 6.54 Å². The van der Waals surface area contributed by atoms with Crippen LogP contribution >= 0.6 is 11.8 Å². The van der Waals surface area contributed by atoms with Crippen molar-refractivity contribution >= 4 is 17.4 Å². The average molecular weight is 357 g/mol. The molecule has 0 aliphatic carbocycles. The Balaban J connectivity index is 2.09. The molecule has 0 aliphatic heterocycles. The number of rotatable bonds is 7. The van der Waals surface area contributed by atoms with Crippen LogP contribution in [0.5, 0.6) is 11.5 Å². The van der Waals surface area contributed by atoms with Gasteiger partial charge in [-0.1, -0.05) is 12.1 Å². The third-order valence-electron chi connectivity index (χ3n) is 3.24. The highest BCUT2D eigenvalue weighted by atomic mass is 32.2. The molecule has 3 nitrogen and oxygen atoms in total. The molecule has 0 spiro atoms. The van der Waals surface area contributed by atoms with Gasteiger partial charge in [-0.25, -0.2) is 0 Å². The third-order valence-corrected chi connectivity index (χ3v) is 4.38. The van der Waals surface area contributed by atoms with Gasteiger partial charge in [0, 0.05) is 28.8 Å². The monoisotopic (exact) mass is 357 g/mol. The lowest BCUT2D eigenvalue weighted by Gasteiger charge is -2.15. The van der Waals surface area contributed by atoms with Crippen LogP contribution in [-0.4, -0.2) is 26.1 Å². The summed E-state index contributed by atoms with van der Waals surface area (Å²) in [6, 6.07) is 12.4. The molecule has 0 saturated carbocycles. The summed E-state index contributed by atoms with van der Waals surface area (Å²) in [5, 5.41) is 3.17. The van der Waals surface area contributed by atoms with Gasteiger partial charge in [-0.3, -0.25) is 0 Å². The smallest absolute Gasteiger partial charge is 0.398 e. The SMILES string of the molecule is COc1ccc(CNc2ccccc2SCC(F)(F)F)c(OC)c1. The zero-order valence-corrected chi connectivity index (χ0v) is 14.1. The Hall–Kier alpha value is -2.02. The fourth-order valence-electron chi connectivity index (χ4n) is 2.09. The van der Waals surface area contributed by atoms with Crippen LogP contribution < -0.4 is 14.8 Å². The van der Waals surface area contributed by atoms with Gasteiger partial charge in [0.15, 0.2) is 0 Å². The maximum Gasteiger partial charge on any atom is 0.398 e. The van der Waals surface area contributed by atoms with Gasteiger partial charge in [0.25, 0.3) is 0 Å². The number of hydrogen-bond donors (Lipinski definition) is 1. The van der Waals surface area contributed by atoms with Gasteiger partial charge in [0.1, 0.15) is 11.5 Å². The van der Waals surface area contributed by atoms with Crippen molar-refractivity contribution in [3.8, 4) is 11.5 Å². The first-order valence-electron chi connectivity index (χ1n) is 7.16. The molecule has 2 rings (SSSR count). The summed E-state index contributed by atoms with van der Waals surface area (Å²) in [5.74, 6) is 0.413. The molecule has 0 radical (unpaired) electrons. The maximum absolute atomic E-state index is 12.4. The first kappa shape index (κ1) is 18.3. The highest BCUT2D eigenvalue weighted by Crippen LogP contribution is 2.33. The molecule has 2 aromatic carbocycles. The highest BCUT2D eigenvalue weighted by molar-refractivity contribution is 7.99. The van der Waals surface area contributed by atoms with Crippen molar-refractivity contribution in [2.24, 2.45) is 0 Å². The normalized spacial score (nSPS) is 11.2. The van der Waals surface area contributed by atoms with Gasteiger partial charge in [-0.15, -0.1) is 11.8 Å². The number of methoxy groups -OCH3 is 2. The number of nitrogens with one attached hydrogen (secondary N) is 1. The summed E-state index contributed by atoms with van der Waals surface area (Å²) in [5.41, 5.74) is 1.54. The molecule has 0 atom stereocenters. The molecule has 0 unspecified atom stereocenters. The van der Waals surface area contributed by atoms with Crippen LogP contribution in [0.15, 0.2) is 47.4 Å². The molecule has 1 N–H and O–H groups in total. The molecule has 0 aliphatic rings. The first-order valence-corrected chi connectivity index (χ1v) is 8.15. The summed E-state index contributed by atoms with van der Waals surface area (Å²) in [4.78, 5) is 0.558. The van der Waals surface area contributed by atoms with Gasteiger partial charge < -0.3 is 14.8 Å². The predicted octanol–water partition coefficient (Wildman–Crippen LogP) is 4.97. The molecular formula is C17H18F3NO2S. The Kier molecular flexibility index (Phi) is 6.25. The van der Waals surface area contributed by atoms with Crippen molar-refractivity contribution in [2.75, 3.05) is 25.3 Å². The van der Waals surface area contributed by atoms with Gasteiger partial charge in [0.2, 0.25) is 0 Å². The Labute approximate surface area is 143 Å². The Bertz CT molecular complexity index is 677. The summed E-state index contributed by atoms with van der Waals surface area (Å²) in [7, 11) is 3.13. The average Bonchev–Trinajstić information content (AvgIpc) is 2.58. The van der Waals surface area contributed by atoms with E-state index in [-0.39, 0.29) is 0 Å². The van der Waals surface area contributed by atoms with Crippen LogP contribution in [0.25, 0.3) is 0 Å². The number of para-hydroxylation sites is 1. The lowest BCUT2D eigenvalue weighted by molar-refractivity contribution is -0.105. The second-order valence-corrected chi connectivity index (χ2v) is 5.95. The Morgan fingerprint density at radius 2 is 1.79 bits per heavy atom. The van der Waals surface area contributed by atoms with Gasteiger partial charge in [-0.2, -0.15) is 13.2 Å². The minimum absolute atomic E-state index is 0.427.